The minimum absolute atomic E-state index is 0.250. The largest absolute Gasteiger partial charge is 0.451 e. The summed E-state index contributed by atoms with van der Waals surface area (Å²) in [5.74, 6) is 0. The third-order valence-corrected chi connectivity index (χ3v) is 4.66. The van der Waals surface area contributed by atoms with Gasteiger partial charge in [-0.1, -0.05) is 48.5 Å². The Morgan fingerprint density at radius 3 is 2.20 bits per heavy atom. The fraction of sp³-hybridized carbons (Fsp3) is 0.588. The molecule has 0 heterocycles. The van der Waals surface area contributed by atoms with Gasteiger partial charge in [0.15, 0.2) is 0 Å². The Kier molecular flexibility index (Phi) is 14.8. The van der Waals surface area contributed by atoms with Gasteiger partial charge < -0.3 is 15.4 Å². The molecular weight excluding hydrogens is 364 g/mol. The van der Waals surface area contributed by atoms with Crippen molar-refractivity contribution in [1.82, 2.24) is 5.32 Å². The maximum absolute atomic E-state index is 8.82. The van der Waals surface area contributed by atoms with Gasteiger partial charge in [-0.25, -0.2) is 0 Å². The molecule has 1 atom stereocenters. The molecule has 0 fully saturated rings. The van der Waals surface area contributed by atoms with Crippen molar-refractivity contribution in [1.29, 1.82) is 0 Å². The smallest absolute Gasteiger partial charge is 0.427 e. The van der Waals surface area contributed by atoms with Crippen LogP contribution in [0.1, 0.15) is 44.1 Å². The highest BCUT2D eigenvalue weighted by Gasteiger charge is 2.09. The maximum atomic E-state index is 8.82. The zero-order valence-electron chi connectivity index (χ0n) is 14.5. The fourth-order valence-corrected chi connectivity index (χ4v) is 2.89. The Morgan fingerprint density at radius 2 is 1.68 bits per heavy atom. The normalized spacial score (nSPS) is 11.2. The second-order valence-electron chi connectivity index (χ2n) is 5.83. The van der Waals surface area contributed by atoms with Crippen LogP contribution in [0.5, 0.6) is 0 Å². The summed E-state index contributed by atoms with van der Waals surface area (Å²) in [5, 5.41) is 22.2. The van der Waals surface area contributed by atoms with Gasteiger partial charge in [-0.15, -0.1) is 0 Å². The van der Waals surface area contributed by atoms with Crippen molar-refractivity contribution in [3.63, 3.8) is 0 Å². The summed E-state index contributed by atoms with van der Waals surface area (Å²) in [6, 6.07) is 6.33. The number of unbranched alkanes of at least 4 members (excludes halogenated alkanes) is 2. The van der Waals surface area contributed by atoms with Crippen molar-refractivity contribution in [2.24, 2.45) is 0 Å². The second-order valence-corrected chi connectivity index (χ2v) is 6.64. The predicted octanol–water partition coefficient (Wildman–Crippen LogP) is 3.35. The van der Waals surface area contributed by atoms with Gasteiger partial charge in [0.1, 0.15) is 0 Å². The third-order valence-electron chi connectivity index (χ3n) is 3.93. The highest BCUT2D eigenvalue weighted by molar-refractivity contribution is 6.42. The van der Waals surface area contributed by atoms with Crippen LogP contribution < -0.4 is 5.32 Å². The monoisotopic (exact) mass is 389 g/mol. The van der Waals surface area contributed by atoms with Gasteiger partial charge >= 0.3 is 13.3 Å². The van der Waals surface area contributed by atoms with Gasteiger partial charge in [0.2, 0.25) is 0 Å². The molecule has 0 aliphatic rings. The van der Waals surface area contributed by atoms with Crippen LogP contribution in [0.4, 0.5) is 0 Å². The summed E-state index contributed by atoms with van der Waals surface area (Å²) in [6.07, 6.45) is 8.13. The number of carbonyl (C=O) groups excluding carboxylic acids is 2. The molecule has 0 aliphatic heterocycles. The number of halogens is 2. The minimum atomic E-state index is -1.17. The molecule has 1 aromatic rings. The molecule has 1 rings (SSSR count). The van der Waals surface area contributed by atoms with Crippen LogP contribution in [0.2, 0.25) is 16.4 Å². The Bertz CT molecular complexity index is 511. The zero-order valence-corrected chi connectivity index (χ0v) is 16.0. The first kappa shape index (κ1) is 24.1. The van der Waals surface area contributed by atoms with E-state index in [1.807, 2.05) is 25.2 Å². The van der Waals surface area contributed by atoms with Crippen molar-refractivity contribution in [3.05, 3.63) is 33.8 Å². The van der Waals surface area contributed by atoms with E-state index in [1.54, 1.807) is 0 Å². The number of benzene rings is 1. The average Bonchev–Trinajstić information content (AvgIpc) is 2.57. The lowest BCUT2D eigenvalue weighted by molar-refractivity contribution is -0.191. The van der Waals surface area contributed by atoms with Gasteiger partial charge in [-0.2, -0.15) is 9.59 Å². The predicted molar refractivity (Wildman–Crippen MR) is 101 cm³/mol. The Morgan fingerprint density at radius 1 is 1.08 bits per heavy atom. The summed E-state index contributed by atoms with van der Waals surface area (Å²) in [7, 11) is 0.823. The van der Waals surface area contributed by atoms with Crippen LogP contribution in [0, 0.1) is 0 Å². The molecule has 5 nitrogen and oxygen atoms in total. The zero-order chi connectivity index (χ0) is 19.1. The van der Waals surface area contributed by atoms with Gasteiger partial charge in [-0.3, -0.25) is 0 Å². The van der Waals surface area contributed by atoms with Gasteiger partial charge in [0.05, 0.1) is 10.0 Å². The highest BCUT2D eigenvalue weighted by atomic mass is 35.5. The van der Waals surface area contributed by atoms with Crippen LogP contribution in [-0.4, -0.2) is 36.4 Å². The summed E-state index contributed by atoms with van der Waals surface area (Å²) in [6.45, 7) is 0. The van der Waals surface area contributed by atoms with Crippen molar-refractivity contribution in [2.45, 2.75) is 57.3 Å². The van der Waals surface area contributed by atoms with Crippen LogP contribution in [0.15, 0.2) is 18.2 Å². The van der Waals surface area contributed by atoms with Crippen molar-refractivity contribution >= 4 is 36.5 Å². The van der Waals surface area contributed by atoms with E-state index in [0.29, 0.717) is 22.4 Å². The first-order valence-electron chi connectivity index (χ1n) is 8.41. The van der Waals surface area contributed by atoms with Gasteiger partial charge in [0.25, 0.3) is 0 Å². The highest BCUT2D eigenvalue weighted by Crippen LogP contribution is 2.23. The lowest BCUT2D eigenvalue weighted by Gasteiger charge is -2.16. The van der Waals surface area contributed by atoms with Crippen molar-refractivity contribution in [2.75, 3.05) is 7.05 Å². The first-order chi connectivity index (χ1) is 11.9. The number of nitrogens with one attached hydrogen (secondary N) is 1. The molecule has 1 unspecified atom stereocenters. The van der Waals surface area contributed by atoms with Crippen LogP contribution in [0.3, 0.4) is 0 Å². The van der Waals surface area contributed by atoms with E-state index >= 15 is 0 Å². The molecule has 0 spiro atoms. The van der Waals surface area contributed by atoms with E-state index in [2.05, 4.69) is 5.32 Å². The third kappa shape index (κ3) is 13.0. The molecule has 0 radical (unpaired) electrons. The number of rotatable bonds is 11. The molecule has 0 aromatic heterocycles. The molecule has 0 amide bonds. The lowest BCUT2D eigenvalue weighted by Crippen LogP contribution is -2.25. The number of aryl methyl sites for hydroxylation is 1. The molecule has 0 aliphatic carbocycles. The van der Waals surface area contributed by atoms with E-state index in [-0.39, 0.29) is 6.15 Å². The maximum Gasteiger partial charge on any atom is 0.451 e. The average molecular weight is 390 g/mol. The SMILES string of the molecule is CNC(CCCCB(O)O)CCCCc1ccc(Cl)c(Cl)c1.O=C=O. The summed E-state index contributed by atoms with van der Waals surface area (Å²) in [5.41, 5.74) is 1.23. The molecular formula is C17H26BCl2NO4. The first-order valence-corrected chi connectivity index (χ1v) is 9.16. The van der Waals surface area contributed by atoms with E-state index in [4.69, 9.17) is 42.8 Å². The molecule has 0 saturated carbocycles. The summed E-state index contributed by atoms with van der Waals surface area (Å²) < 4.78 is 0. The molecule has 0 saturated heterocycles. The molecule has 8 heteroatoms. The number of hydrogen-bond donors (Lipinski definition) is 3. The number of hydrogen-bond acceptors (Lipinski definition) is 5. The quantitative estimate of drug-likeness (QED) is 0.399. The summed E-state index contributed by atoms with van der Waals surface area (Å²) in [4.78, 5) is 16.2. The van der Waals surface area contributed by atoms with Gasteiger partial charge in [-0.05, 0) is 56.7 Å². The van der Waals surface area contributed by atoms with Crippen LogP contribution in [-0.2, 0) is 16.0 Å². The summed E-state index contributed by atoms with van der Waals surface area (Å²) >= 11 is 11.9. The molecule has 140 valence electrons. The van der Waals surface area contributed by atoms with Crippen LogP contribution in [0.25, 0.3) is 0 Å². The minimum Gasteiger partial charge on any atom is -0.427 e. The van der Waals surface area contributed by atoms with E-state index in [0.717, 1.165) is 44.9 Å². The molecule has 0 bridgehead atoms. The molecule has 25 heavy (non-hydrogen) atoms. The topological polar surface area (TPSA) is 86.6 Å². The Labute approximate surface area is 159 Å². The molecule has 1 aromatic carbocycles. The Balaban J connectivity index is 0.00000178. The standard InChI is InChI=1S/C16H26BCl2NO2.CO2/c1-20-14(8-4-5-11-17(21)22)7-3-2-6-13-9-10-15(18)16(19)12-13;2-1-3/h9-10,12,14,20-22H,2-8,11H2,1H3;. The van der Waals surface area contributed by atoms with Gasteiger partial charge in [0, 0.05) is 6.04 Å². The fourth-order valence-electron chi connectivity index (χ4n) is 2.57. The Hall–Kier alpha value is -0.875. The van der Waals surface area contributed by atoms with Crippen molar-refractivity contribution in [3.8, 4) is 0 Å². The van der Waals surface area contributed by atoms with Crippen LogP contribution >= 0.6 is 23.2 Å². The lowest BCUT2D eigenvalue weighted by atomic mass is 9.83. The molecule has 3 N–H and O–H groups in total. The van der Waals surface area contributed by atoms with E-state index in [9.17, 15) is 0 Å². The van der Waals surface area contributed by atoms with Crippen molar-refractivity contribution < 1.29 is 19.6 Å². The second kappa shape index (κ2) is 15.4. The van der Waals surface area contributed by atoms with E-state index < -0.39 is 7.12 Å². The van der Waals surface area contributed by atoms with E-state index in [1.165, 1.54) is 5.56 Å².